The summed E-state index contributed by atoms with van der Waals surface area (Å²) in [6, 6.07) is 0. The molecular weight excluding hydrogens is 791 g/mol. The molecule has 0 aromatic rings. The maximum Gasteiger partial charge on any atom is 0.472 e. The molecule has 60 heavy (non-hydrogen) atoms. The number of carbonyl (C=O) groups excluding carboxylic acids is 2. The van der Waals surface area contributed by atoms with Gasteiger partial charge < -0.3 is 39.9 Å². The summed E-state index contributed by atoms with van der Waals surface area (Å²) in [7, 11) is -5.13. The lowest BCUT2D eigenvalue weighted by Gasteiger charge is -2.41. The summed E-state index contributed by atoms with van der Waals surface area (Å²) >= 11 is 0. The Balaban J connectivity index is 2.49. The van der Waals surface area contributed by atoms with Crippen LogP contribution in [-0.4, -0.2) is 98.3 Å². The van der Waals surface area contributed by atoms with Crippen LogP contribution >= 0.6 is 7.82 Å². The number of unbranched alkanes of at least 4 members (excludes halogenated alkanes) is 14. The van der Waals surface area contributed by atoms with Crippen LogP contribution in [-0.2, 0) is 32.7 Å². The number of rotatable bonds is 36. The first-order chi connectivity index (χ1) is 28.9. The van der Waals surface area contributed by atoms with Crippen molar-refractivity contribution in [1.29, 1.82) is 0 Å². The van der Waals surface area contributed by atoms with Crippen molar-refractivity contribution in [3.63, 3.8) is 0 Å². The van der Waals surface area contributed by atoms with E-state index in [0.717, 1.165) is 83.5 Å². The van der Waals surface area contributed by atoms with Gasteiger partial charge in [-0.25, -0.2) is 4.57 Å². The largest absolute Gasteiger partial charge is 0.472 e. The molecule has 0 aromatic carbocycles. The van der Waals surface area contributed by atoms with Crippen molar-refractivity contribution in [2.24, 2.45) is 0 Å². The average Bonchev–Trinajstić information content (AvgIpc) is 3.23. The van der Waals surface area contributed by atoms with E-state index in [1.807, 2.05) is 0 Å². The number of hydrogen-bond donors (Lipinski definition) is 6. The van der Waals surface area contributed by atoms with Gasteiger partial charge in [0, 0.05) is 12.8 Å². The Morgan fingerprint density at radius 1 is 0.517 bits per heavy atom. The summed E-state index contributed by atoms with van der Waals surface area (Å²) in [6.07, 6.45) is 29.9. The number of esters is 2. The SMILES string of the molecule is CCCCC/C=C/C/C=C/C/C=C/C/C=C/CCCCCC(=O)OC[C@@H](COP(=O)(O)OC1C(O)C(O)C(O)[C@H](O)C1O)OC(=O)CCCCCCC/C=C/CCCCC. The molecule has 13 nitrogen and oxygen atoms in total. The van der Waals surface area contributed by atoms with E-state index in [2.05, 4.69) is 74.6 Å². The average molecular weight is 871 g/mol. The third kappa shape index (κ3) is 28.2. The second-order valence-corrected chi connectivity index (χ2v) is 16.9. The van der Waals surface area contributed by atoms with Crippen LogP contribution in [0.5, 0.6) is 0 Å². The van der Waals surface area contributed by atoms with E-state index in [1.165, 1.54) is 38.5 Å². The number of allylic oxidation sites excluding steroid dienone is 10. The maximum absolute atomic E-state index is 12.8. The normalized spacial score (nSPS) is 22.7. The molecule has 1 rings (SSSR count). The molecule has 0 saturated heterocycles. The molecule has 0 aromatic heterocycles. The van der Waals surface area contributed by atoms with Crippen molar-refractivity contribution in [3.05, 3.63) is 60.8 Å². The van der Waals surface area contributed by atoms with E-state index >= 15 is 0 Å². The summed E-state index contributed by atoms with van der Waals surface area (Å²) in [5.41, 5.74) is 0. The zero-order valence-corrected chi connectivity index (χ0v) is 37.4. The first-order valence-corrected chi connectivity index (χ1v) is 24.1. The Kier molecular flexibility index (Phi) is 33.4. The third-order valence-electron chi connectivity index (χ3n) is 10.1. The number of carbonyl (C=O) groups is 2. The number of aliphatic hydroxyl groups is 5. The molecule has 8 atom stereocenters. The lowest BCUT2D eigenvalue weighted by Crippen LogP contribution is -2.64. The van der Waals surface area contributed by atoms with Gasteiger partial charge in [0.25, 0.3) is 0 Å². The zero-order valence-electron chi connectivity index (χ0n) is 36.5. The van der Waals surface area contributed by atoms with E-state index < -0.39 is 75.7 Å². The Bertz CT molecular complexity index is 1280. The lowest BCUT2D eigenvalue weighted by atomic mass is 9.85. The van der Waals surface area contributed by atoms with Gasteiger partial charge in [-0.3, -0.25) is 18.6 Å². The summed E-state index contributed by atoms with van der Waals surface area (Å²) in [4.78, 5) is 35.6. The molecule has 6 N–H and O–H groups in total. The van der Waals surface area contributed by atoms with E-state index in [1.54, 1.807) is 0 Å². The lowest BCUT2D eigenvalue weighted by molar-refractivity contribution is -0.220. The van der Waals surface area contributed by atoms with Gasteiger partial charge in [0.1, 0.15) is 43.2 Å². The van der Waals surface area contributed by atoms with Crippen LogP contribution in [0.25, 0.3) is 0 Å². The summed E-state index contributed by atoms with van der Waals surface area (Å²) in [5.74, 6) is -1.15. The third-order valence-corrected chi connectivity index (χ3v) is 11.1. The maximum atomic E-state index is 12.8. The first-order valence-electron chi connectivity index (χ1n) is 22.6. The van der Waals surface area contributed by atoms with Gasteiger partial charge in [-0.15, -0.1) is 0 Å². The molecule has 1 aliphatic rings. The van der Waals surface area contributed by atoms with E-state index in [0.29, 0.717) is 12.8 Å². The van der Waals surface area contributed by atoms with Crippen molar-refractivity contribution in [2.75, 3.05) is 13.2 Å². The van der Waals surface area contributed by atoms with Crippen LogP contribution < -0.4 is 0 Å². The highest BCUT2D eigenvalue weighted by Gasteiger charge is 2.51. The minimum atomic E-state index is -5.13. The van der Waals surface area contributed by atoms with Crippen molar-refractivity contribution >= 4 is 19.8 Å². The highest BCUT2D eigenvalue weighted by atomic mass is 31.2. The zero-order chi connectivity index (χ0) is 44.3. The molecule has 0 amide bonds. The molecule has 6 unspecified atom stereocenters. The predicted molar refractivity (Wildman–Crippen MR) is 235 cm³/mol. The van der Waals surface area contributed by atoms with Gasteiger partial charge in [0.15, 0.2) is 6.10 Å². The molecule has 14 heteroatoms. The topological polar surface area (TPSA) is 210 Å². The van der Waals surface area contributed by atoms with Crippen LogP contribution in [0.15, 0.2) is 60.8 Å². The first kappa shape index (κ1) is 55.6. The number of hydrogen-bond acceptors (Lipinski definition) is 12. The molecule has 0 aliphatic heterocycles. The van der Waals surface area contributed by atoms with Crippen LogP contribution in [0.3, 0.4) is 0 Å². The Morgan fingerprint density at radius 2 is 0.900 bits per heavy atom. The molecule has 0 spiro atoms. The highest BCUT2D eigenvalue weighted by Crippen LogP contribution is 2.47. The standard InChI is InChI=1S/C46H79O13P/c1-3-5-7-9-11-13-15-17-18-19-20-21-22-23-25-26-28-30-32-34-39(47)56-36-38(58-40(48)35-33-31-29-27-24-16-14-12-10-8-6-4-2)37-57-60(54,55)59-46-44(52)42(50)41(49)43(51)45(46)53/h11-14,17-18,20-21,23,25,38,41-46,49-53H,3-10,15-16,19,22,24,26-37H2,1-2H3,(H,54,55)/b13-11+,14-12+,18-17+,21-20+,25-23+/t38-,41?,42-,43?,44?,45?,46?/m0/s1. The van der Waals surface area contributed by atoms with Crippen molar-refractivity contribution in [3.8, 4) is 0 Å². The summed E-state index contributed by atoms with van der Waals surface area (Å²) < 4.78 is 33.4. The van der Waals surface area contributed by atoms with Gasteiger partial charge in [0.05, 0.1) is 6.61 Å². The Labute approximate surface area is 360 Å². The molecule has 346 valence electrons. The van der Waals surface area contributed by atoms with Gasteiger partial charge in [0.2, 0.25) is 0 Å². The van der Waals surface area contributed by atoms with Crippen molar-refractivity contribution < 1.29 is 63.1 Å². The number of phosphoric ester groups is 1. The molecule has 0 heterocycles. The molecule has 1 fully saturated rings. The summed E-state index contributed by atoms with van der Waals surface area (Å²) in [6.45, 7) is 3.19. The fourth-order valence-corrected chi connectivity index (χ4v) is 7.35. The monoisotopic (exact) mass is 871 g/mol. The van der Waals surface area contributed by atoms with Crippen LogP contribution in [0.1, 0.15) is 162 Å². The van der Waals surface area contributed by atoms with E-state index in [4.69, 9.17) is 18.5 Å². The van der Waals surface area contributed by atoms with Gasteiger partial charge in [-0.2, -0.15) is 0 Å². The number of ether oxygens (including phenoxy) is 2. The van der Waals surface area contributed by atoms with Crippen molar-refractivity contribution in [1.82, 2.24) is 0 Å². The molecule has 0 radical (unpaired) electrons. The van der Waals surface area contributed by atoms with E-state index in [9.17, 15) is 44.6 Å². The molecule has 1 saturated carbocycles. The minimum absolute atomic E-state index is 0.0765. The second-order valence-electron chi connectivity index (χ2n) is 15.5. The van der Waals surface area contributed by atoms with Crippen LogP contribution in [0.4, 0.5) is 0 Å². The second kappa shape index (κ2) is 36.1. The van der Waals surface area contributed by atoms with Crippen LogP contribution in [0, 0.1) is 0 Å². The Hall–Kier alpha value is -2.45. The van der Waals surface area contributed by atoms with Gasteiger partial charge in [-0.05, 0) is 83.5 Å². The van der Waals surface area contributed by atoms with Gasteiger partial charge in [-0.1, -0.05) is 126 Å². The smallest absolute Gasteiger partial charge is 0.462 e. The molecule has 0 bridgehead atoms. The fourth-order valence-electron chi connectivity index (χ4n) is 6.38. The quantitative estimate of drug-likeness (QED) is 0.0151. The van der Waals surface area contributed by atoms with E-state index in [-0.39, 0.29) is 12.8 Å². The number of phosphoric acid groups is 1. The van der Waals surface area contributed by atoms with Crippen LogP contribution in [0.2, 0.25) is 0 Å². The fraction of sp³-hybridized carbons (Fsp3) is 0.739. The molecule has 1 aliphatic carbocycles. The predicted octanol–water partition coefficient (Wildman–Crippen LogP) is 8.55. The highest BCUT2D eigenvalue weighted by molar-refractivity contribution is 7.47. The van der Waals surface area contributed by atoms with Crippen molar-refractivity contribution in [2.45, 2.75) is 204 Å². The number of aliphatic hydroxyl groups excluding tert-OH is 5. The Morgan fingerprint density at radius 3 is 1.40 bits per heavy atom. The summed E-state index contributed by atoms with van der Waals surface area (Å²) in [5, 5.41) is 50.1. The molecular formula is C46H79O13P. The van der Waals surface area contributed by atoms with Gasteiger partial charge >= 0.3 is 19.8 Å². The minimum Gasteiger partial charge on any atom is -0.462 e.